The Morgan fingerprint density at radius 2 is 1.85 bits per heavy atom. The van der Waals surface area contributed by atoms with Crippen molar-refractivity contribution in [1.82, 2.24) is 4.98 Å². The molecule has 1 saturated carbocycles. The van der Waals surface area contributed by atoms with E-state index in [1.165, 1.54) is 29.8 Å². The summed E-state index contributed by atoms with van der Waals surface area (Å²) in [5.74, 6) is 0. The Labute approximate surface area is 123 Å². The van der Waals surface area contributed by atoms with Gasteiger partial charge in [0, 0.05) is 25.0 Å². The number of hydrogen-bond donors (Lipinski definition) is 0. The van der Waals surface area contributed by atoms with Crippen LogP contribution in [0.4, 0.5) is 0 Å². The molecule has 0 atom stereocenters. The third-order valence-corrected chi connectivity index (χ3v) is 5.20. The van der Waals surface area contributed by atoms with Crippen LogP contribution in [-0.4, -0.2) is 19.2 Å². The van der Waals surface area contributed by atoms with E-state index in [1.54, 1.807) is 25.6 Å². The highest BCUT2D eigenvalue weighted by atomic mass is 32.1. The summed E-state index contributed by atoms with van der Waals surface area (Å²) in [5.41, 5.74) is 2.35. The van der Waals surface area contributed by atoms with Crippen LogP contribution in [0.5, 0.6) is 0 Å². The molecule has 2 aromatic rings. The zero-order valence-corrected chi connectivity index (χ0v) is 12.7. The molecule has 0 radical (unpaired) electrons. The molecular formula is C16H19NO2S. The average molecular weight is 289 g/mol. The van der Waals surface area contributed by atoms with Gasteiger partial charge in [-0.1, -0.05) is 36.8 Å². The third-order valence-electron chi connectivity index (χ3n) is 4.13. The molecule has 3 nitrogen and oxygen atoms in total. The lowest BCUT2D eigenvalue weighted by Gasteiger charge is -2.40. The number of ether oxygens (including phenoxy) is 2. The second-order valence-electron chi connectivity index (χ2n) is 5.18. The fourth-order valence-electron chi connectivity index (χ4n) is 2.87. The van der Waals surface area contributed by atoms with E-state index in [0.29, 0.717) is 0 Å². The van der Waals surface area contributed by atoms with Gasteiger partial charge in [0.15, 0.2) is 0 Å². The fraction of sp³-hybridized carbons (Fsp3) is 0.438. The van der Waals surface area contributed by atoms with E-state index in [0.717, 1.165) is 5.69 Å². The Hall–Kier alpha value is -1.23. The number of rotatable bonds is 5. The molecule has 1 aromatic heterocycles. The summed E-state index contributed by atoms with van der Waals surface area (Å²) in [5, 5.41) is 3.24. The van der Waals surface area contributed by atoms with E-state index in [2.05, 4.69) is 35.7 Å². The van der Waals surface area contributed by atoms with Gasteiger partial charge in [-0.25, -0.2) is 4.98 Å². The largest absolute Gasteiger partial charge is 0.350 e. The molecule has 0 bridgehead atoms. The summed E-state index contributed by atoms with van der Waals surface area (Å²) in [6.45, 7) is 0. The van der Waals surface area contributed by atoms with Gasteiger partial charge in [-0.2, -0.15) is 0 Å². The van der Waals surface area contributed by atoms with Crippen LogP contribution in [0.3, 0.4) is 0 Å². The van der Waals surface area contributed by atoms with Crippen LogP contribution in [0.2, 0.25) is 0 Å². The van der Waals surface area contributed by atoms with Crippen molar-refractivity contribution in [2.75, 3.05) is 14.2 Å². The molecule has 0 aliphatic heterocycles. The summed E-state index contributed by atoms with van der Waals surface area (Å²) in [4.78, 5) is 4.79. The van der Waals surface area contributed by atoms with Gasteiger partial charge >= 0.3 is 0 Å². The minimum absolute atomic E-state index is 0.107. The lowest BCUT2D eigenvalue weighted by molar-refractivity contribution is -0.108. The Morgan fingerprint density at radius 1 is 1.15 bits per heavy atom. The standard InChI is InChI=1S/C16H19NO2S/c1-18-14(19-2)13-11-20-15(17-13)16(9-6-10-16)12-7-4-3-5-8-12/h3-5,7-8,11,14H,6,9-10H2,1-2H3. The van der Waals surface area contributed by atoms with Crippen molar-refractivity contribution in [2.45, 2.75) is 31.0 Å². The number of thiazole rings is 1. The molecule has 1 heterocycles. The zero-order valence-electron chi connectivity index (χ0n) is 11.8. The van der Waals surface area contributed by atoms with Crippen LogP contribution in [0.1, 0.15) is 41.8 Å². The lowest BCUT2D eigenvalue weighted by Crippen LogP contribution is -2.35. The highest BCUT2D eigenvalue weighted by molar-refractivity contribution is 7.09. The predicted molar refractivity (Wildman–Crippen MR) is 79.9 cm³/mol. The molecule has 106 valence electrons. The average Bonchev–Trinajstić information content (AvgIpc) is 2.90. The molecule has 0 amide bonds. The molecule has 0 unspecified atom stereocenters. The quantitative estimate of drug-likeness (QED) is 0.782. The number of benzene rings is 1. The highest BCUT2D eigenvalue weighted by Crippen LogP contribution is 2.50. The van der Waals surface area contributed by atoms with E-state index < -0.39 is 0 Å². The van der Waals surface area contributed by atoms with Crippen molar-refractivity contribution < 1.29 is 9.47 Å². The van der Waals surface area contributed by atoms with E-state index >= 15 is 0 Å². The summed E-state index contributed by atoms with van der Waals surface area (Å²) in [6.07, 6.45) is 3.25. The zero-order chi connectivity index (χ0) is 14.0. The lowest BCUT2D eigenvalue weighted by atomic mass is 9.65. The maximum absolute atomic E-state index is 5.29. The molecule has 1 fully saturated rings. The SMILES string of the molecule is COC(OC)c1csc(C2(c3ccccc3)CCC2)n1. The fourth-order valence-corrected chi connectivity index (χ4v) is 3.97. The maximum Gasteiger partial charge on any atom is 0.201 e. The molecule has 1 aromatic carbocycles. The number of hydrogen-bond acceptors (Lipinski definition) is 4. The number of methoxy groups -OCH3 is 2. The summed E-state index contributed by atoms with van der Waals surface area (Å²) < 4.78 is 10.6. The van der Waals surface area contributed by atoms with Crippen molar-refractivity contribution in [1.29, 1.82) is 0 Å². The van der Waals surface area contributed by atoms with Gasteiger partial charge in [0.1, 0.15) is 10.7 Å². The van der Waals surface area contributed by atoms with Crippen LogP contribution >= 0.6 is 11.3 Å². The van der Waals surface area contributed by atoms with Crippen molar-refractivity contribution in [3.8, 4) is 0 Å². The van der Waals surface area contributed by atoms with Crippen LogP contribution in [0.25, 0.3) is 0 Å². The smallest absolute Gasteiger partial charge is 0.201 e. The second-order valence-corrected chi connectivity index (χ2v) is 6.04. The monoisotopic (exact) mass is 289 g/mol. The molecule has 0 spiro atoms. The van der Waals surface area contributed by atoms with Gasteiger partial charge in [-0.15, -0.1) is 11.3 Å². The third kappa shape index (κ3) is 2.18. The molecule has 1 aliphatic rings. The van der Waals surface area contributed by atoms with Gasteiger partial charge in [-0.05, 0) is 18.4 Å². The van der Waals surface area contributed by atoms with E-state index in [1.807, 2.05) is 0 Å². The van der Waals surface area contributed by atoms with Crippen LogP contribution in [0, 0.1) is 0 Å². The van der Waals surface area contributed by atoms with Crippen LogP contribution < -0.4 is 0 Å². The van der Waals surface area contributed by atoms with E-state index in [9.17, 15) is 0 Å². The summed E-state index contributed by atoms with van der Waals surface area (Å²) in [6, 6.07) is 10.7. The van der Waals surface area contributed by atoms with Crippen molar-refractivity contribution in [3.63, 3.8) is 0 Å². The first-order valence-electron chi connectivity index (χ1n) is 6.87. The maximum atomic E-state index is 5.29. The number of aromatic nitrogens is 1. The molecule has 4 heteroatoms. The van der Waals surface area contributed by atoms with Crippen LogP contribution in [0.15, 0.2) is 35.7 Å². The van der Waals surface area contributed by atoms with Gasteiger partial charge in [0.2, 0.25) is 6.29 Å². The van der Waals surface area contributed by atoms with Gasteiger partial charge in [0.05, 0.1) is 0 Å². The minimum atomic E-state index is -0.368. The van der Waals surface area contributed by atoms with Gasteiger partial charge in [-0.3, -0.25) is 0 Å². The first kappa shape index (κ1) is 13.7. The normalized spacial score (nSPS) is 17.1. The minimum Gasteiger partial charge on any atom is -0.350 e. The Balaban J connectivity index is 1.95. The van der Waals surface area contributed by atoms with E-state index in [4.69, 9.17) is 14.5 Å². The summed E-state index contributed by atoms with van der Waals surface area (Å²) >= 11 is 1.72. The van der Waals surface area contributed by atoms with Crippen molar-refractivity contribution in [2.24, 2.45) is 0 Å². The Kier molecular flexibility index (Phi) is 3.87. The Morgan fingerprint density at radius 3 is 2.40 bits per heavy atom. The van der Waals surface area contributed by atoms with Crippen LogP contribution in [-0.2, 0) is 14.9 Å². The molecule has 20 heavy (non-hydrogen) atoms. The first-order valence-corrected chi connectivity index (χ1v) is 7.75. The van der Waals surface area contributed by atoms with Crippen molar-refractivity contribution in [3.05, 3.63) is 52.0 Å². The number of nitrogens with zero attached hydrogens (tertiary/aromatic N) is 1. The Bertz CT molecular complexity index is 559. The summed E-state index contributed by atoms with van der Waals surface area (Å²) in [7, 11) is 3.28. The molecule has 0 N–H and O–H groups in total. The first-order chi connectivity index (χ1) is 9.80. The molecule has 1 aliphatic carbocycles. The van der Waals surface area contributed by atoms with E-state index in [-0.39, 0.29) is 11.7 Å². The molecule has 0 saturated heterocycles. The predicted octanol–water partition coefficient (Wildman–Crippen LogP) is 3.90. The highest BCUT2D eigenvalue weighted by Gasteiger charge is 2.43. The van der Waals surface area contributed by atoms with Gasteiger partial charge < -0.3 is 9.47 Å². The second kappa shape index (κ2) is 5.64. The van der Waals surface area contributed by atoms with Gasteiger partial charge in [0.25, 0.3) is 0 Å². The van der Waals surface area contributed by atoms with Crippen molar-refractivity contribution >= 4 is 11.3 Å². The topological polar surface area (TPSA) is 31.4 Å². The molecule has 3 rings (SSSR count). The molecular weight excluding hydrogens is 270 g/mol.